The van der Waals surface area contributed by atoms with Gasteiger partial charge in [-0.3, -0.25) is 9.59 Å². The molecule has 0 fully saturated rings. The molecular weight excluding hydrogens is 232 g/mol. The fourth-order valence-corrected chi connectivity index (χ4v) is 2.01. The van der Waals surface area contributed by atoms with Gasteiger partial charge in [0, 0.05) is 12.0 Å². The van der Waals surface area contributed by atoms with E-state index < -0.39 is 12.1 Å². The lowest BCUT2D eigenvalue weighted by atomic mass is 9.99. The van der Waals surface area contributed by atoms with Gasteiger partial charge in [0.1, 0.15) is 0 Å². The van der Waals surface area contributed by atoms with Crippen molar-refractivity contribution in [2.45, 2.75) is 45.1 Å². The second kappa shape index (κ2) is 7.11. The van der Waals surface area contributed by atoms with Gasteiger partial charge in [-0.2, -0.15) is 0 Å². The predicted molar refractivity (Wildman–Crippen MR) is 68.1 cm³/mol. The minimum Gasteiger partial charge on any atom is -0.481 e. The topological polar surface area (TPSA) is 74.6 Å². The number of aliphatic carboxylic acids is 1. The van der Waals surface area contributed by atoms with Crippen molar-refractivity contribution >= 4 is 11.8 Å². The predicted octanol–water partition coefficient (Wildman–Crippen LogP) is 2.08. The number of aliphatic hydroxyl groups excluding tert-OH is 1. The van der Waals surface area contributed by atoms with E-state index in [1.54, 1.807) is 12.2 Å². The number of carbonyl (C=O) groups is 2. The lowest BCUT2D eigenvalue weighted by molar-refractivity contribution is -0.142. The zero-order valence-corrected chi connectivity index (χ0v) is 10.6. The molecule has 0 aromatic rings. The van der Waals surface area contributed by atoms with Gasteiger partial charge in [-0.1, -0.05) is 19.1 Å². The van der Waals surface area contributed by atoms with Crippen molar-refractivity contribution in [2.24, 2.45) is 5.92 Å². The van der Waals surface area contributed by atoms with Gasteiger partial charge in [0.15, 0.2) is 5.78 Å². The molecule has 2 N–H and O–H groups in total. The Balaban J connectivity index is 2.28. The molecule has 0 aliphatic heterocycles. The summed E-state index contributed by atoms with van der Waals surface area (Å²) < 4.78 is 0. The molecular formula is C14H20O4. The molecule has 0 aromatic heterocycles. The second-order valence-electron chi connectivity index (χ2n) is 4.59. The van der Waals surface area contributed by atoms with Crippen molar-refractivity contribution in [3.63, 3.8) is 0 Å². The highest BCUT2D eigenvalue weighted by molar-refractivity contribution is 6.00. The van der Waals surface area contributed by atoms with Gasteiger partial charge >= 0.3 is 5.97 Å². The summed E-state index contributed by atoms with van der Waals surface area (Å²) in [7, 11) is 0. The molecule has 2 atom stereocenters. The summed E-state index contributed by atoms with van der Waals surface area (Å²) in [5.41, 5.74) is 0.563. The molecule has 0 saturated carbocycles. The average molecular weight is 252 g/mol. The third-order valence-corrected chi connectivity index (χ3v) is 3.15. The van der Waals surface area contributed by atoms with Gasteiger partial charge in [0.05, 0.1) is 12.0 Å². The van der Waals surface area contributed by atoms with Crippen LogP contribution in [-0.4, -0.2) is 28.1 Å². The van der Waals surface area contributed by atoms with E-state index >= 15 is 0 Å². The monoisotopic (exact) mass is 252 g/mol. The van der Waals surface area contributed by atoms with E-state index in [2.05, 4.69) is 0 Å². The number of aliphatic hydroxyl groups is 1. The number of hydrogen-bond donors (Lipinski definition) is 2. The minimum atomic E-state index is -0.738. The Morgan fingerprint density at radius 2 is 2.33 bits per heavy atom. The van der Waals surface area contributed by atoms with E-state index in [0.717, 1.165) is 12.8 Å². The van der Waals surface area contributed by atoms with Gasteiger partial charge in [0.25, 0.3) is 0 Å². The van der Waals surface area contributed by atoms with Crippen LogP contribution >= 0.6 is 0 Å². The Morgan fingerprint density at radius 3 is 2.83 bits per heavy atom. The molecule has 0 amide bonds. The average Bonchev–Trinajstić information content (AvgIpc) is 2.62. The van der Waals surface area contributed by atoms with Crippen LogP contribution in [0.4, 0.5) is 0 Å². The van der Waals surface area contributed by atoms with Crippen LogP contribution < -0.4 is 0 Å². The molecule has 18 heavy (non-hydrogen) atoms. The van der Waals surface area contributed by atoms with Gasteiger partial charge < -0.3 is 10.2 Å². The smallest absolute Gasteiger partial charge is 0.306 e. The SMILES string of the molecule is CCC(CCC/C=C\C1=CC(O)CC1=O)C(=O)O. The van der Waals surface area contributed by atoms with Crippen LogP contribution in [0.25, 0.3) is 0 Å². The van der Waals surface area contributed by atoms with Crippen molar-refractivity contribution in [1.29, 1.82) is 0 Å². The van der Waals surface area contributed by atoms with E-state index in [4.69, 9.17) is 5.11 Å². The van der Waals surface area contributed by atoms with Crippen LogP contribution in [0.5, 0.6) is 0 Å². The number of allylic oxidation sites excluding steroid dienone is 3. The van der Waals surface area contributed by atoms with Crippen LogP contribution in [-0.2, 0) is 9.59 Å². The standard InChI is InChI=1S/C14H20O4/c1-2-10(14(17)18)6-4-3-5-7-11-8-12(15)9-13(11)16/h5,7-8,10,12,15H,2-4,6,9H2,1H3,(H,17,18)/b7-5-. The molecule has 100 valence electrons. The van der Waals surface area contributed by atoms with Crippen molar-refractivity contribution < 1.29 is 19.8 Å². The molecule has 0 radical (unpaired) electrons. The number of carboxylic acids is 1. The first-order valence-electron chi connectivity index (χ1n) is 6.37. The molecule has 1 rings (SSSR count). The normalized spacial score (nSPS) is 21.3. The summed E-state index contributed by atoms with van der Waals surface area (Å²) in [5, 5.41) is 18.1. The molecule has 0 spiro atoms. The minimum absolute atomic E-state index is 0.0317. The Hall–Kier alpha value is -1.42. The highest BCUT2D eigenvalue weighted by Gasteiger charge is 2.19. The first-order valence-corrected chi connectivity index (χ1v) is 6.37. The highest BCUT2D eigenvalue weighted by Crippen LogP contribution is 2.17. The fraction of sp³-hybridized carbons (Fsp3) is 0.571. The van der Waals surface area contributed by atoms with E-state index in [0.29, 0.717) is 18.4 Å². The molecule has 0 saturated heterocycles. The van der Waals surface area contributed by atoms with Gasteiger partial charge in [-0.15, -0.1) is 0 Å². The molecule has 4 heteroatoms. The van der Waals surface area contributed by atoms with Gasteiger partial charge in [-0.05, 0) is 31.8 Å². The molecule has 1 aliphatic rings. The maximum atomic E-state index is 11.3. The Kier molecular flexibility index (Phi) is 5.78. The van der Waals surface area contributed by atoms with E-state index in [1.807, 2.05) is 13.0 Å². The van der Waals surface area contributed by atoms with E-state index in [9.17, 15) is 14.7 Å². The number of carboxylic acid groups (broad SMARTS) is 1. The van der Waals surface area contributed by atoms with Crippen molar-refractivity contribution in [2.75, 3.05) is 0 Å². The lowest BCUT2D eigenvalue weighted by Gasteiger charge is -2.07. The number of carbonyl (C=O) groups excluding carboxylic acids is 1. The number of rotatable bonds is 7. The highest BCUT2D eigenvalue weighted by atomic mass is 16.4. The third kappa shape index (κ3) is 4.45. The number of unbranched alkanes of at least 4 members (excludes halogenated alkanes) is 1. The maximum absolute atomic E-state index is 11.3. The Labute approximate surface area is 107 Å². The third-order valence-electron chi connectivity index (χ3n) is 3.15. The summed E-state index contributed by atoms with van der Waals surface area (Å²) in [5.74, 6) is -1.04. The summed E-state index contributed by atoms with van der Waals surface area (Å²) in [6.45, 7) is 1.87. The molecule has 1 aliphatic carbocycles. The quantitative estimate of drug-likeness (QED) is 0.680. The van der Waals surface area contributed by atoms with Gasteiger partial charge in [-0.25, -0.2) is 0 Å². The Morgan fingerprint density at radius 1 is 1.61 bits per heavy atom. The summed E-state index contributed by atoms with van der Waals surface area (Å²) in [6.07, 6.45) is 7.54. The summed E-state index contributed by atoms with van der Waals surface area (Å²) >= 11 is 0. The first kappa shape index (κ1) is 14.6. The zero-order chi connectivity index (χ0) is 13.5. The molecule has 0 aromatic carbocycles. The van der Waals surface area contributed by atoms with Crippen molar-refractivity contribution in [3.05, 3.63) is 23.8 Å². The van der Waals surface area contributed by atoms with Crippen molar-refractivity contribution in [3.8, 4) is 0 Å². The van der Waals surface area contributed by atoms with Crippen molar-refractivity contribution in [1.82, 2.24) is 0 Å². The van der Waals surface area contributed by atoms with Gasteiger partial charge in [0.2, 0.25) is 0 Å². The molecule has 0 bridgehead atoms. The van der Waals surface area contributed by atoms with E-state index in [1.165, 1.54) is 0 Å². The van der Waals surface area contributed by atoms with Crippen LogP contribution in [0.1, 0.15) is 39.0 Å². The summed E-state index contributed by atoms with van der Waals surface area (Å²) in [6, 6.07) is 0. The summed E-state index contributed by atoms with van der Waals surface area (Å²) in [4.78, 5) is 22.1. The second-order valence-corrected chi connectivity index (χ2v) is 4.59. The lowest BCUT2D eigenvalue weighted by Crippen LogP contribution is -2.11. The first-order chi connectivity index (χ1) is 8.54. The van der Waals surface area contributed by atoms with Crippen LogP contribution in [0.15, 0.2) is 23.8 Å². The number of ketones is 1. The Bertz CT molecular complexity index is 368. The zero-order valence-electron chi connectivity index (χ0n) is 10.6. The fourth-order valence-electron chi connectivity index (χ4n) is 2.01. The van der Waals surface area contributed by atoms with Crippen LogP contribution in [0, 0.1) is 5.92 Å². The molecule has 2 unspecified atom stereocenters. The van der Waals surface area contributed by atoms with Crippen LogP contribution in [0.3, 0.4) is 0 Å². The van der Waals surface area contributed by atoms with E-state index in [-0.39, 0.29) is 18.1 Å². The molecule has 0 heterocycles. The largest absolute Gasteiger partial charge is 0.481 e. The molecule has 4 nitrogen and oxygen atoms in total. The number of hydrogen-bond acceptors (Lipinski definition) is 3. The van der Waals surface area contributed by atoms with Crippen LogP contribution in [0.2, 0.25) is 0 Å². The number of Topliss-reactive ketones (excluding diaryl/α,β-unsaturated/α-hetero) is 1. The maximum Gasteiger partial charge on any atom is 0.306 e.